The number of hydrogen-bond acceptors (Lipinski definition) is 4. The summed E-state index contributed by atoms with van der Waals surface area (Å²) >= 11 is 1.89. The average molecular weight is 788 g/mol. The fraction of sp³-hybridized carbons (Fsp3) is 0.0893. The van der Waals surface area contributed by atoms with Crippen LogP contribution in [0.4, 0.5) is 0 Å². The Labute approximate surface area is 355 Å². The van der Waals surface area contributed by atoms with Gasteiger partial charge in [0, 0.05) is 38.1 Å². The van der Waals surface area contributed by atoms with Gasteiger partial charge in [0.1, 0.15) is 0 Å². The molecule has 0 N–H and O–H groups in total. The Morgan fingerprint density at radius 2 is 1.32 bits per heavy atom. The molecule has 286 valence electrons. The number of aromatic nitrogens is 3. The zero-order valence-corrected chi connectivity index (χ0v) is 33.9. The van der Waals surface area contributed by atoms with Gasteiger partial charge in [0.25, 0.3) is 0 Å². The maximum Gasteiger partial charge on any atom is 0.160 e. The van der Waals surface area contributed by atoms with Crippen molar-refractivity contribution in [3.8, 4) is 45.0 Å². The third kappa shape index (κ3) is 6.01. The molecule has 2 unspecified atom stereocenters. The van der Waals surface area contributed by atoms with Crippen LogP contribution < -0.4 is 0 Å². The van der Waals surface area contributed by atoms with Gasteiger partial charge in [0.05, 0.1) is 22.5 Å². The van der Waals surface area contributed by atoms with Crippen LogP contribution in [0.3, 0.4) is 0 Å². The van der Waals surface area contributed by atoms with Crippen molar-refractivity contribution < 1.29 is 0 Å². The monoisotopic (exact) mass is 787 g/mol. The van der Waals surface area contributed by atoms with E-state index in [9.17, 15) is 0 Å². The highest BCUT2D eigenvalue weighted by atomic mass is 32.2. The second kappa shape index (κ2) is 15.1. The molecule has 4 heteroatoms. The summed E-state index contributed by atoms with van der Waals surface area (Å²) in [6.45, 7) is 4.37. The molecule has 0 saturated heterocycles. The first kappa shape index (κ1) is 36.2. The quantitative estimate of drug-likeness (QED) is 0.144. The summed E-state index contributed by atoms with van der Waals surface area (Å²) in [4.78, 5) is 17.7. The summed E-state index contributed by atoms with van der Waals surface area (Å²) in [5.74, 6) is 1.28. The van der Waals surface area contributed by atoms with Gasteiger partial charge in [-0.15, -0.1) is 6.58 Å². The van der Waals surface area contributed by atoms with Crippen molar-refractivity contribution in [3.05, 3.63) is 234 Å². The fourth-order valence-corrected chi connectivity index (χ4v) is 11.1. The lowest BCUT2D eigenvalue weighted by molar-refractivity contribution is 0.476. The van der Waals surface area contributed by atoms with Crippen molar-refractivity contribution in [2.75, 3.05) is 0 Å². The molecule has 2 aliphatic carbocycles. The molecule has 1 aliphatic heterocycles. The molecule has 0 saturated carbocycles. The molecule has 3 heterocycles. The standard InChI is InChI=1S/C56H41N3S/c1-2-37(21-15-27-50-43-22-10-9-16-38(43)32-33-57-50)41-28-30-48-53(34-41)60-54-35-42(29-31-49(54)56(48)46-25-13-11-23-44(46)45-24-12-14-26-47(45)56)55-58-51(39-17-5-3-6-18-39)36-52(59-55)40-19-7-4-8-20-40/h2-20,22-27,29-37,41H,1,21,28H2/b27-15+. The minimum absolute atomic E-state index is 0.263. The number of thioether (sulfide) groups is 1. The Morgan fingerprint density at radius 3 is 2.02 bits per heavy atom. The second-order valence-electron chi connectivity index (χ2n) is 15.9. The van der Waals surface area contributed by atoms with Crippen molar-refractivity contribution >= 4 is 28.6 Å². The number of pyridine rings is 1. The molecule has 3 nitrogen and oxygen atoms in total. The van der Waals surface area contributed by atoms with E-state index in [4.69, 9.17) is 15.0 Å². The number of allylic oxidation sites excluding steroid dienone is 5. The molecule has 2 aromatic heterocycles. The van der Waals surface area contributed by atoms with E-state index in [0.717, 1.165) is 52.4 Å². The summed E-state index contributed by atoms with van der Waals surface area (Å²) in [7, 11) is 0. The van der Waals surface area contributed by atoms with Crippen LogP contribution >= 0.6 is 11.8 Å². The molecule has 8 aromatic rings. The molecule has 11 rings (SSSR count). The van der Waals surface area contributed by atoms with Crippen molar-refractivity contribution in [1.82, 2.24) is 15.0 Å². The van der Waals surface area contributed by atoms with E-state index in [1.807, 2.05) is 30.1 Å². The van der Waals surface area contributed by atoms with Gasteiger partial charge < -0.3 is 0 Å². The number of rotatable bonds is 8. The Bertz CT molecular complexity index is 2940. The molecular weight excluding hydrogens is 747 g/mol. The predicted octanol–water partition coefficient (Wildman–Crippen LogP) is 14.2. The van der Waals surface area contributed by atoms with Crippen LogP contribution in [0.15, 0.2) is 216 Å². The number of hydrogen-bond donors (Lipinski definition) is 0. The largest absolute Gasteiger partial charge is 0.256 e. The van der Waals surface area contributed by atoms with Crippen LogP contribution in [0, 0.1) is 11.8 Å². The van der Waals surface area contributed by atoms with Gasteiger partial charge in [-0.3, -0.25) is 4.98 Å². The molecule has 0 amide bonds. The van der Waals surface area contributed by atoms with Gasteiger partial charge >= 0.3 is 0 Å². The number of benzene rings is 6. The molecule has 6 aromatic carbocycles. The van der Waals surface area contributed by atoms with Gasteiger partial charge in [0.2, 0.25) is 0 Å². The lowest BCUT2D eigenvalue weighted by atomic mass is 9.64. The third-order valence-corrected chi connectivity index (χ3v) is 13.7. The SMILES string of the molecule is C=CC(C/C=C/c1nccc2ccccc12)C1C=C2Sc3cc(-c4nc(-c5ccccc5)cc(-c5ccccc5)n4)ccc3C3(C2=CC1)c1ccccc1-c1ccccc13. The van der Waals surface area contributed by atoms with Gasteiger partial charge in [0.15, 0.2) is 5.82 Å². The lowest BCUT2D eigenvalue weighted by Crippen LogP contribution is -2.34. The molecule has 0 fully saturated rings. The van der Waals surface area contributed by atoms with E-state index in [2.05, 4.69) is 189 Å². The minimum atomic E-state index is -0.450. The smallest absolute Gasteiger partial charge is 0.160 e. The van der Waals surface area contributed by atoms with Crippen LogP contribution in [0.5, 0.6) is 0 Å². The highest BCUT2D eigenvalue weighted by Crippen LogP contribution is 2.64. The molecule has 60 heavy (non-hydrogen) atoms. The van der Waals surface area contributed by atoms with Gasteiger partial charge in [-0.2, -0.15) is 0 Å². The van der Waals surface area contributed by atoms with Crippen molar-refractivity contribution in [3.63, 3.8) is 0 Å². The highest BCUT2D eigenvalue weighted by molar-refractivity contribution is 8.03. The predicted molar refractivity (Wildman–Crippen MR) is 249 cm³/mol. The van der Waals surface area contributed by atoms with Gasteiger partial charge in [-0.1, -0.05) is 182 Å². The fourth-order valence-electron chi connectivity index (χ4n) is 9.72. The summed E-state index contributed by atoms with van der Waals surface area (Å²) in [5, 5.41) is 2.38. The van der Waals surface area contributed by atoms with Gasteiger partial charge in [-0.05, 0) is 87.7 Å². The minimum Gasteiger partial charge on any atom is -0.256 e. The normalized spacial score (nSPS) is 16.4. The van der Waals surface area contributed by atoms with Crippen LogP contribution in [0.25, 0.3) is 61.9 Å². The first-order valence-electron chi connectivity index (χ1n) is 20.8. The maximum atomic E-state index is 5.24. The number of nitrogens with zero attached hydrogens (tertiary/aromatic N) is 3. The lowest BCUT2D eigenvalue weighted by Gasteiger charge is -2.43. The van der Waals surface area contributed by atoms with Gasteiger partial charge in [-0.25, -0.2) is 9.97 Å². The Morgan fingerprint density at radius 1 is 0.667 bits per heavy atom. The first-order valence-corrected chi connectivity index (χ1v) is 21.6. The third-order valence-electron chi connectivity index (χ3n) is 12.6. The number of fused-ring (bicyclic) bond motifs is 10. The van der Waals surface area contributed by atoms with E-state index in [0.29, 0.717) is 5.92 Å². The Hall–Kier alpha value is -6.88. The molecule has 3 aliphatic rings. The summed E-state index contributed by atoms with van der Waals surface area (Å²) in [6.07, 6.45) is 15.4. The van der Waals surface area contributed by atoms with Crippen LogP contribution in [0.1, 0.15) is 35.2 Å². The zero-order valence-electron chi connectivity index (χ0n) is 33.1. The zero-order chi connectivity index (χ0) is 40.0. The second-order valence-corrected chi connectivity index (χ2v) is 16.9. The molecule has 0 bridgehead atoms. The van der Waals surface area contributed by atoms with E-state index >= 15 is 0 Å². The topological polar surface area (TPSA) is 38.7 Å². The molecular formula is C56H41N3S. The van der Waals surface area contributed by atoms with E-state index in [1.54, 1.807) is 0 Å². The molecule has 1 spiro atoms. The van der Waals surface area contributed by atoms with Crippen molar-refractivity contribution in [2.45, 2.75) is 23.2 Å². The van der Waals surface area contributed by atoms with E-state index < -0.39 is 5.41 Å². The summed E-state index contributed by atoms with van der Waals surface area (Å²) in [5.41, 5.74) is 13.5. The highest BCUT2D eigenvalue weighted by Gasteiger charge is 2.52. The summed E-state index contributed by atoms with van der Waals surface area (Å²) < 4.78 is 0. The van der Waals surface area contributed by atoms with E-state index in [-0.39, 0.29) is 5.92 Å². The molecule has 0 radical (unpaired) electrons. The average Bonchev–Trinajstić information content (AvgIpc) is 3.61. The van der Waals surface area contributed by atoms with Crippen molar-refractivity contribution in [1.29, 1.82) is 0 Å². The van der Waals surface area contributed by atoms with E-state index in [1.165, 1.54) is 54.0 Å². The maximum absolute atomic E-state index is 5.24. The van der Waals surface area contributed by atoms with Crippen molar-refractivity contribution in [2.24, 2.45) is 11.8 Å². The summed E-state index contributed by atoms with van der Waals surface area (Å²) in [6, 6.07) is 58.5. The van der Waals surface area contributed by atoms with Crippen LogP contribution in [-0.2, 0) is 5.41 Å². The van der Waals surface area contributed by atoms with Crippen LogP contribution in [-0.4, -0.2) is 15.0 Å². The first-order chi connectivity index (χ1) is 29.7. The Balaban J connectivity index is 1.03. The Kier molecular flexibility index (Phi) is 9.09. The van der Waals surface area contributed by atoms with Crippen LogP contribution in [0.2, 0.25) is 0 Å². The molecule has 2 atom stereocenters.